The molecule has 0 aliphatic rings. The van der Waals surface area contributed by atoms with Crippen LogP contribution in [0.15, 0.2) is 0 Å². The fourth-order valence-electron chi connectivity index (χ4n) is 0.771. The van der Waals surface area contributed by atoms with Crippen LogP contribution in [-0.4, -0.2) is 41.1 Å². The molecule has 0 aromatic rings. The van der Waals surface area contributed by atoms with Gasteiger partial charge < -0.3 is 5.11 Å². The van der Waals surface area contributed by atoms with Crippen LogP contribution >= 0.6 is 0 Å². The van der Waals surface area contributed by atoms with Crippen LogP contribution in [-0.2, 0) is 0 Å². The van der Waals surface area contributed by atoms with Crippen molar-refractivity contribution in [2.45, 2.75) is 36.0 Å². The van der Waals surface area contributed by atoms with Crippen molar-refractivity contribution in [2.75, 3.05) is 0 Å². The maximum atomic E-state index is 12.5. The lowest BCUT2D eigenvalue weighted by molar-refractivity contribution is -0.468. The van der Waals surface area contributed by atoms with Crippen LogP contribution < -0.4 is 0 Å². The molecule has 0 bridgehead atoms. The first-order chi connectivity index (χ1) is 8.25. The predicted molar refractivity (Wildman–Crippen MR) is 33.0 cm³/mol. The monoisotopic (exact) mass is 336 g/mol. The zero-order valence-electron chi connectivity index (χ0n) is 8.36. The number of rotatable bonds is 3. The summed E-state index contributed by atoms with van der Waals surface area (Å²) >= 11 is 0. The van der Waals surface area contributed by atoms with Crippen LogP contribution in [0.2, 0.25) is 0 Å². The average Bonchev–Trinajstić information content (AvgIpc) is 2.12. The second kappa shape index (κ2) is 4.27. The van der Waals surface area contributed by atoms with Gasteiger partial charge in [-0.2, -0.15) is 57.1 Å². The first-order valence-electron chi connectivity index (χ1n) is 3.93. The van der Waals surface area contributed by atoms with E-state index in [1.165, 1.54) is 0 Å². The van der Waals surface area contributed by atoms with Crippen molar-refractivity contribution in [2.24, 2.45) is 0 Å². The van der Waals surface area contributed by atoms with Crippen LogP contribution in [0.5, 0.6) is 0 Å². The highest BCUT2D eigenvalue weighted by molar-refractivity contribution is 5.07. The molecule has 122 valence electrons. The molecule has 0 aliphatic heterocycles. The Balaban J connectivity index is 6.08. The fourth-order valence-corrected chi connectivity index (χ4v) is 0.771. The number of alkyl halides is 13. The molecule has 0 aromatic heterocycles. The smallest absolute Gasteiger partial charge is 0.352 e. The number of hydrogen-bond donors (Lipinski definition) is 1. The van der Waals surface area contributed by atoms with E-state index in [1.807, 2.05) is 0 Å². The van der Waals surface area contributed by atoms with Gasteiger partial charge in [-0.15, -0.1) is 0 Å². The Morgan fingerprint density at radius 2 is 0.650 bits per heavy atom. The molecule has 14 heteroatoms. The van der Waals surface area contributed by atoms with Crippen molar-refractivity contribution >= 4 is 0 Å². The largest absolute Gasteiger partial charge is 0.460 e. The molecule has 0 amide bonds. The summed E-state index contributed by atoms with van der Waals surface area (Å²) in [4.78, 5) is 0. The van der Waals surface area contributed by atoms with Gasteiger partial charge in [0, 0.05) is 0 Å². The normalized spacial score (nSPS) is 18.9. The second-order valence-corrected chi connectivity index (χ2v) is 3.34. The zero-order chi connectivity index (χ0) is 17.0. The van der Waals surface area contributed by atoms with Crippen molar-refractivity contribution in [3.05, 3.63) is 0 Å². The molecule has 0 fully saturated rings. The molecule has 0 rings (SSSR count). The molecule has 20 heavy (non-hydrogen) atoms. The minimum absolute atomic E-state index is 7.36. The topological polar surface area (TPSA) is 20.2 Å². The fraction of sp³-hybridized carbons (Fsp3) is 1.00. The molecule has 1 unspecified atom stereocenters. The van der Waals surface area contributed by atoms with E-state index in [2.05, 4.69) is 0 Å². The first-order valence-corrected chi connectivity index (χ1v) is 3.93. The Hall–Kier alpha value is -0.950. The molecule has 0 aliphatic carbocycles. The van der Waals surface area contributed by atoms with Gasteiger partial charge in [0.2, 0.25) is 0 Å². The predicted octanol–water partition coefficient (Wildman–Crippen LogP) is 3.67. The summed E-state index contributed by atoms with van der Waals surface area (Å²) in [5, 5.41) is 7.74. The van der Waals surface area contributed by atoms with Crippen molar-refractivity contribution in [1.82, 2.24) is 0 Å². The van der Waals surface area contributed by atoms with Crippen LogP contribution in [0.3, 0.4) is 0 Å². The van der Waals surface area contributed by atoms with Crippen molar-refractivity contribution in [3.8, 4) is 0 Å². The molecule has 0 saturated carbocycles. The van der Waals surface area contributed by atoms with Crippen molar-refractivity contribution in [3.63, 3.8) is 0 Å². The molecule has 0 spiro atoms. The van der Waals surface area contributed by atoms with E-state index in [0.29, 0.717) is 0 Å². The van der Waals surface area contributed by atoms with E-state index in [-0.39, 0.29) is 0 Å². The zero-order valence-corrected chi connectivity index (χ0v) is 8.36. The minimum Gasteiger partial charge on any atom is -0.352 e. The lowest BCUT2D eigenvalue weighted by atomic mass is 9.96. The maximum Gasteiger partial charge on any atom is 0.460 e. The Morgan fingerprint density at radius 3 is 0.850 bits per heavy atom. The molecule has 1 nitrogen and oxygen atoms in total. The van der Waals surface area contributed by atoms with Gasteiger partial charge in [-0.1, -0.05) is 0 Å². The van der Waals surface area contributed by atoms with Gasteiger partial charge in [0.25, 0.3) is 0 Å². The van der Waals surface area contributed by atoms with Gasteiger partial charge >= 0.3 is 36.0 Å². The van der Waals surface area contributed by atoms with E-state index in [4.69, 9.17) is 5.11 Å². The van der Waals surface area contributed by atoms with Crippen LogP contribution in [0, 0.1) is 0 Å². The van der Waals surface area contributed by atoms with Gasteiger partial charge in [0.15, 0.2) is 0 Å². The molecule has 1 N–H and O–H groups in total. The standard InChI is InChI=1S/C6HF13O/c7-1(8,2(9,10)5(14,15)16)4(13,20)3(11,12)6(17,18)19/h20H. The summed E-state index contributed by atoms with van der Waals surface area (Å²) in [6.45, 7) is 0. The molecule has 1 atom stereocenters. The minimum atomic E-state index is -7.82. The second-order valence-electron chi connectivity index (χ2n) is 3.34. The van der Waals surface area contributed by atoms with Crippen molar-refractivity contribution in [1.29, 1.82) is 0 Å². The third-order valence-corrected chi connectivity index (χ3v) is 1.94. The van der Waals surface area contributed by atoms with E-state index < -0.39 is 36.0 Å². The number of hydrogen-bond acceptors (Lipinski definition) is 1. The molecule has 0 aromatic carbocycles. The molecule has 0 heterocycles. The highest BCUT2D eigenvalue weighted by Gasteiger charge is 2.90. The lowest BCUT2D eigenvalue weighted by Crippen LogP contribution is -2.71. The third kappa shape index (κ3) is 2.26. The van der Waals surface area contributed by atoms with E-state index in [1.54, 1.807) is 0 Å². The summed E-state index contributed by atoms with van der Waals surface area (Å²) in [7, 11) is 0. The summed E-state index contributed by atoms with van der Waals surface area (Å²) in [6.07, 6.45) is -14.8. The van der Waals surface area contributed by atoms with Crippen LogP contribution in [0.25, 0.3) is 0 Å². The summed E-state index contributed by atoms with van der Waals surface area (Å²) in [6, 6.07) is 0. The van der Waals surface area contributed by atoms with E-state index in [9.17, 15) is 57.1 Å². The SMILES string of the molecule is OC(F)(C(F)(F)C(F)(F)F)C(F)(F)C(F)(F)C(F)(F)F. The molecular weight excluding hydrogens is 335 g/mol. The summed E-state index contributed by atoms with van der Waals surface area (Å²) in [5.74, 6) is -30.7. The van der Waals surface area contributed by atoms with Gasteiger partial charge in [-0.05, 0) is 0 Å². The maximum absolute atomic E-state index is 12.5. The quantitative estimate of drug-likeness (QED) is 0.780. The third-order valence-electron chi connectivity index (χ3n) is 1.94. The summed E-state index contributed by atoms with van der Waals surface area (Å²) in [5.41, 5.74) is 0. The average molecular weight is 336 g/mol. The molecular formula is C6HF13O. The van der Waals surface area contributed by atoms with Crippen LogP contribution in [0.4, 0.5) is 57.1 Å². The Kier molecular flexibility index (Phi) is 4.07. The van der Waals surface area contributed by atoms with Gasteiger partial charge in [0.05, 0.1) is 0 Å². The Morgan fingerprint density at radius 1 is 0.400 bits per heavy atom. The number of halogens is 13. The Labute approximate surface area is 99.5 Å². The molecule has 0 radical (unpaired) electrons. The highest BCUT2D eigenvalue weighted by atomic mass is 19.4. The Bertz CT molecular complexity index is 324. The van der Waals surface area contributed by atoms with Crippen LogP contribution in [0.1, 0.15) is 0 Å². The van der Waals surface area contributed by atoms with Gasteiger partial charge in [-0.25, -0.2) is 0 Å². The molecule has 0 saturated heterocycles. The summed E-state index contributed by atoms with van der Waals surface area (Å²) < 4.78 is 155. The lowest BCUT2D eigenvalue weighted by Gasteiger charge is -2.39. The van der Waals surface area contributed by atoms with Gasteiger partial charge in [-0.3, -0.25) is 0 Å². The van der Waals surface area contributed by atoms with E-state index in [0.717, 1.165) is 0 Å². The van der Waals surface area contributed by atoms with Crippen molar-refractivity contribution < 1.29 is 62.2 Å². The highest BCUT2D eigenvalue weighted by Crippen LogP contribution is 2.58. The number of aliphatic hydroxyl groups is 1. The first kappa shape index (κ1) is 19.1. The van der Waals surface area contributed by atoms with Gasteiger partial charge in [0.1, 0.15) is 0 Å². The van der Waals surface area contributed by atoms with E-state index >= 15 is 0 Å².